The standard InChI is InChI=1S/C23H24N2O3/c1-15-9-8-12-20(17(15)3)24-23(26)22-18(4)25(27)16(2)13-21(22)28-14-19-10-6-5-7-11-19/h5-13H,14H2,1-4H3,(H,24,26). The van der Waals surface area contributed by atoms with Gasteiger partial charge in [0.2, 0.25) is 5.69 Å². The highest BCUT2D eigenvalue weighted by Crippen LogP contribution is 2.25. The summed E-state index contributed by atoms with van der Waals surface area (Å²) >= 11 is 0. The Kier molecular flexibility index (Phi) is 5.64. The van der Waals surface area contributed by atoms with Crippen LogP contribution in [0.1, 0.15) is 38.4 Å². The molecule has 1 heterocycles. The van der Waals surface area contributed by atoms with Crippen LogP contribution in [0.3, 0.4) is 0 Å². The molecule has 0 aliphatic carbocycles. The molecule has 0 radical (unpaired) electrons. The Morgan fingerprint density at radius 3 is 2.46 bits per heavy atom. The molecule has 0 bridgehead atoms. The van der Waals surface area contributed by atoms with E-state index in [1.807, 2.05) is 62.4 Å². The van der Waals surface area contributed by atoms with Crippen LogP contribution in [0.5, 0.6) is 5.75 Å². The van der Waals surface area contributed by atoms with Crippen molar-refractivity contribution >= 4 is 11.6 Å². The van der Waals surface area contributed by atoms with E-state index in [2.05, 4.69) is 5.32 Å². The lowest BCUT2D eigenvalue weighted by atomic mass is 10.1. The van der Waals surface area contributed by atoms with E-state index in [-0.39, 0.29) is 11.5 Å². The average Bonchev–Trinajstić information content (AvgIpc) is 2.68. The third-order valence-corrected chi connectivity index (χ3v) is 4.89. The Labute approximate surface area is 165 Å². The average molecular weight is 376 g/mol. The summed E-state index contributed by atoms with van der Waals surface area (Å²) in [6.45, 7) is 7.58. The maximum atomic E-state index is 13.1. The number of anilines is 1. The van der Waals surface area contributed by atoms with Gasteiger partial charge in [0.25, 0.3) is 5.91 Å². The number of pyridine rings is 1. The molecule has 3 aromatic rings. The third kappa shape index (κ3) is 3.98. The number of amides is 1. The van der Waals surface area contributed by atoms with Crippen LogP contribution in [0, 0.1) is 32.9 Å². The third-order valence-electron chi connectivity index (χ3n) is 4.89. The molecule has 3 rings (SSSR count). The van der Waals surface area contributed by atoms with Crippen molar-refractivity contribution in [2.24, 2.45) is 0 Å². The summed E-state index contributed by atoms with van der Waals surface area (Å²) < 4.78 is 6.70. The zero-order chi connectivity index (χ0) is 20.3. The lowest BCUT2D eigenvalue weighted by Gasteiger charge is -2.16. The molecule has 144 valence electrons. The highest BCUT2D eigenvalue weighted by Gasteiger charge is 2.24. The fourth-order valence-corrected chi connectivity index (χ4v) is 3.06. The topological polar surface area (TPSA) is 65.3 Å². The van der Waals surface area contributed by atoms with Crippen LogP contribution in [0.15, 0.2) is 54.6 Å². The minimum atomic E-state index is -0.362. The summed E-state index contributed by atoms with van der Waals surface area (Å²) in [7, 11) is 0. The number of ether oxygens (including phenoxy) is 1. The quantitative estimate of drug-likeness (QED) is 0.531. The van der Waals surface area contributed by atoms with E-state index < -0.39 is 0 Å². The van der Waals surface area contributed by atoms with Gasteiger partial charge >= 0.3 is 0 Å². The van der Waals surface area contributed by atoms with Gasteiger partial charge in [0, 0.05) is 25.6 Å². The van der Waals surface area contributed by atoms with Crippen LogP contribution in [-0.4, -0.2) is 5.91 Å². The molecule has 1 N–H and O–H groups in total. The smallest absolute Gasteiger partial charge is 0.265 e. The molecule has 0 unspecified atom stereocenters. The van der Waals surface area contributed by atoms with E-state index in [1.165, 1.54) is 0 Å². The molecule has 5 nitrogen and oxygen atoms in total. The first-order valence-electron chi connectivity index (χ1n) is 9.16. The number of hydrogen-bond acceptors (Lipinski definition) is 3. The van der Waals surface area contributed by atoms with Gasteiger partial charge < -0.3 is 15.3 Å². The van der Waals surface area contributed by atoms with Crippen molar-refractivity contribution in [2.45, 2.75) is 34.3 Å². The molecule has 0 spiro atoms. The monoisotopic (exact) mass is 376 g/mol. The Balaban J connectivity index is 1.95. The Bertz CT molecular complexity index is 1010. The van der Waals surface area contributed by atoms with Gasteiger partial charge in [-0.1, -0.05) is 42.5 Å². The van der Waals surface area contributed by atoms with E-state index in [4.69, 9.17) is 4.74 Å². The van der Waals surface area contributed by atoms with Crippen LogP contribution in [0.4, 0.5) is 5.69 Å². The first-order valence-corrected chi connectivity index (χ1v) is 9.16. The number of benzene rings is 2. The molecule has 1 amide bonds. The van der Waals surface area contributed by atoms with Crippen molar-refractivity contribution in [1.82, 2.24) is 0 Å². The molecule has 0 saturated heterocycles. The zero-order valence-electron chi connectivity index (χ0n) is 16.6. The molecule has 0 aliphatic heterocycles. The van der Waals surface area contributed by atoms with Crippen LogP contribution >= 0.6 is 0 Å². The molecule has 0 fully saturated rings. The van der Waals surface area contributed by atoms with Gasteiger partial charge in [-0.2, -0.15) is 4.73 Å². The van der Waals surface area contributed by atoms with Crippen molar-refractivity contribution in [3.63, 3.8) is 0 Å². The number of aryl methyl sites for hydroxylation is 2. The largest absolute Gasteiger partial charge is 0.618 e. The molecule has 2 aromatic carbocycles. The van der Waals surface area contributed by atoms with Crippen molar-refractivity contribution in [1.29, 1.82) is 0 Å². The van der Waals surface area contributed by atoms with Gasteiger partial charge in [-0.3, -0.25) is 4.79 Å². The molecular formula is C23H24N2O3. The Hall–Kier alpha value is -3.34. The molecule has 1 aromatic heterocycles. The number of nitrogens with zero attached hydrogens (tertiary/aromatic N) is 1. The summed E-state index contributed by atoms with van der Waals surface area (Å²) in [5.41, 5.74) is 4.81. The predicted octanol–water partition coefficient (Wildman–Crippen LogP) is 4.38. The SMILES string of the molecule is Cc1cccc(NC(=O)c2c(OCc3ccccc3)cc(C)[n+]([O-])c2C)c1C. The van der Waals surface area contributed by atoms with Gasteiger partial charge in [-0.25, -0.2) is 0 Å². The fourth-order valence-electron chi connectivity index (χ4n) is 3.06. The molecule has 28 heavy (non-hydrogen) atoms. The van der Waals surface area contributed by atoms with Crippen LogP contribution < -0.4 is 14.8 Å². The molecule has 0 saturated carbocycles. The second-order valence-corrected chi connectivity index (χ2v) is 6.88. The van der Waals surface area contributed by atoms with Crippen molar-refractivity contribution in [3.8, 4) is 5.75 Å². The van der Waals surface area contributed by atoms with E-state index in [0.717, 1.165) is 27.1 Å². The minimum Gasteiger partial charge on any atom is -0.618 e. The first kappa shape index (κ1) is 19.4. The second kappa shape index (κ2) is 8.13. The Morgan fingerprint density at radius 2 is 1.75 bits per heavy atom. The number of nitrogens with one attached hydrogen (secondary N) is 1. The number of carbonyl (C=O) groups excluding carboxylic acids is 1. The second-order valence-electron chi connectivity index (χ2n) is 6.88. The van der Waals surface area contributed by atoms with Gasteiger partial charge in [0.15, 0.2) is 5.69 Å². The highest BCUT2D eigenvalue weighted by molar-refractivity contribution is 6.07. The molecular weight excluding hydrogens is 352 g/mol. The summed E-state index contributed by atoms with van der Waals surface area (Å²) in [4.78, 5) is 13.1. The van der Waals surface area contributed by atoms with Gasteiger partial charge in [0.1, 0.15) is 17.9 Å². The first-order chi connectivity index (χ1) is 13.4. The number of carbonyl (C=O) groups is 1. The number of aromatic nitrogens is 1. The minimum absolute atomic E-state index is 0.248. The molecule has 0 aliphatic rings. The van der Waals surface area contributed by atoms with E-state index in [9.17, 15) is 10.0 Å². The van der Waals surface area contributed by atoms with Gasteiger partial charge in [-0.05, 0) is 36.6 Å². The zero-order valence-corrected chi connectivity index (χ0v) is 16.6. The lowest BCUT2D eigenvalue weighted by molar-refractivity contribution is -0.619. The molecule has 5 heteroatoms. The maximum absolute atomic E-state index is 13.1. The molecule has 0 atom stereocenters. The van der Waals surface area contributed by atoms with Crippen molar-refractivity contribution in [3.05, 3.63) is 93.4 Å². The van der Waals surface area contributed by atoms with E-state index in [0.29, 0.717) is 23.7 Å². The van der Waals surface area contributed by atoms with Crippen LogP contribution in [-0.2, 0) is 6.61 Å². The summed E-state index contributed by atoms with van der Waals surface area (Å²) in [5, 5.41) is 15.3. The van der Waals surface area contributed by atoms with Crippen molar-refractivity contribution < 1.29 is 14.3 Å². The number of rotatable bonds is 5. The van der Waals surface area contributed by atoms with Gasteiger partial charge in [0.05, 0.1) is 0 Å². The summed E-state index contributed by atoms with van der Waals surface area (Å²) in [6, 6.07) is 17.0. The van der Waals surface area contributed by atoms with Crippen LogP contribution in [0.25, 0.3) is 0 Å². The normalized spacial score (nSPS) is 10.6. The number of hydrogen-bond donors (Lipinski definition) is 1. The van der Waals surface area contributed by atoms with E-state index in [1.54, 1.807) is 19.9 Å². The fraction of sp³-hybridized carbons (Fsp3) is 0.217. The highest BCUT2D eigenvalue weighted by atomic mass is 16.5. The van der Waals surface area contributed by atoms with Gasteiger partial charge in [-0.15, -0.1) is 0 Å². The maximum Gasteiger partial charge on any atom is 0.265 e. The summed E-state index contributed by atoms with van der Waals surface area (Å²) in [5.74, 6) is 0.0348. The predicted molar refractivity (Wildman–Crippen MR) is 110 cm³/mol. The Morgan fingerprint density at radius 1 is 1.04 bits per heavy atom. The van der Waals surface area contributed by atoms with Crippen LogP contribution in [0.2, 0.25) is 0 Å². The summed E-state index contributed by atoms with van der Waals surface area (Å²) in [6.07, 6.45) is 0. The van der Waals surface area contributed by atoms with E-state index >= 15 is 0 Å². The lowest BCUT2D eigenvalue weighted by Crippen LogP contribution is -2.37. The van der Waals surface area contributed by atoms with Crippen molar-refractivity contribution in [2.75, 3.05) is 5.32 Å².